The van der Waals surface area contributed by atoms with E-state index in [2.05, 4.69) is 10.0 Å². The van der Waals surface area contributed by atoms with Crippen molar-refractivity contribution in [3.05, 3.63) is 90.0 Å². The Balaban J connectivity index is 1.20. The minimum absolute atomic E-state index is 0.00306. The minimum Gasteiger partial charge on any atom is -0.477 e. The molecule has 9 heteroatoms. The first-order chi connectivity index (χ1) is 19.4. The normalized spacial score (nSPS) is 17.5. The number of ether oxygens (including phenoxy) is 1. The van der Waals surface area contributed by atoms with Crippen LogP contribution in [0.25, 0.3) is 0 Å². The summed E-state index contributed by atoms with van der Waals surface area (Å²) >= 11 is 0. The molecule has 0 unspecified atom stereocenters. The molecule has 40 heavy (non-hydrogen) atoms. The number of fused-ring (bicyclic) bond motifs is 1. The summed E-state index contributed by atoms with van der Waals surface area (Å²) < 4.78 is 34.4. The number of hydrogen-bond acceptors (Lipinski definition) is 5. The molecule has 0 saturated heterocycles. The second-order valence-corrected chi connectivity index (χ2v) is 12.1. The molecule has 1 heterocycles. The maximum atomic E-state index is 13.4. The van der Waals surface area contributed by atoms with Crippen LogP contribution in [0.2, 0.25) is 0 Å². The monoisotopic (exact) mass is 561 g/mol. The third-order valence-electron chi connectivity index (χ3n) is 7.46. The van der Waals surface area contributed by atoms with Crippen molar-refractivity contribution in [3.63, 3.8) is 0 Å². The first-order valence-corrected chi connectivity index (χ1v) is 15.4. The highest BCUT2D eigenvalue weighted by Gasteiger charge is 2.33. The zero-order chi connectivity index (χ0) is 28.0. The highest BCUT2D eigenvalue weighted by molar-refractivity contribution is 7.89. The lowest BCUT2D eigenvalue weighted by atomic mass is 9.96. The molecular weight excluding hydrogens is 526 g/mol. The predicted octanol–water partition coefficient (Wildman–Crippen LogP) is 4.34. The van der Waals surface area contributed by atoms with Gasteiger partial charge in [0.25, 0.3) is 5.91 Å². The van der Waals surface area contributed by atoms with Crippen LogP contribution in [0, 0.1) is 0 Å². The van der Waals surface area contributed by atoms with E-state index < -0.39 is 16.1 Å². The summed E-state index contributed by atoms with van der Waals surface area (Å²) in [5.41, 5.74) is 2.47. The summed E-state index contributed by atoms with van der Waals surface area (Å²) in [7, 11) is -3.57. The number of anilines is 1. The molecule has 1 fully saturated rings. The number of amides is 2. The second-order valence-electron chi connectivity index (χ2n) is 10.4. The predicted molar refractivity (Wildman–Crippen MR) is 153 cm³/mol. The SMILES string of the molecule is O=C(NCc1ccccc1)[C@H]1CN(C(=O)CCc2ccc(S(=O)(=O)NC3CCCCC3)cc2)c2ccccc2O1. The van der Waals surface area contributed by atoms with Crippen molar-refractivity contribution in [2.75, 3.05) is 11.4 Å². The minimum atomic E-state index is -3.57. The van der Waals surface area contributed by atoms with Gasteiger partial charge in [0, 0.05) is 19.0 Å². The molecule has 1 aliphatic heterocycles. The van der Waals surface area contributed by atoms with Crippen LogP contribution in [0.5, 0.6) is 5.75 Å². The third-order valence-corrected chi connectivity index (χ3v) is 9.00. The number of nitrogens with one attached hydrogen (secondary N) is 2. The lowest BCUT2D eigenvalue weighted by Gasteiger charge is -2.34. The van der Waals surface area contributed by atoms with Gasteiger partial charge in [0.2, 0.25) is 15.9 Å². The van der Waals surface area contributed by atoms with E-state index >= 15 is 0 Å². The van der Waals surface area contributed by atoms with E-state index in [9.17, 15) is 18.0 Å². The average Bonchev–Trinajstić information content (AvgIpc) is 2.99. The highest BCUT2D eigenvalue weighted by Crippen LogP contribution is 2.33. The van der Waals surface area contributed by atoms with Gasteiger partial charge >= 0.3 is 0 Å². The Labute approximate surface area is 235 Å². The van der Waals surface area contributed by atoms with E-state index in [0.29, 0.717) is 24.4 Å². The van der Waals surface area contributed by atoms with Gasteiger partial charge in [-0.1, -0.05) is 73.9 Å². The fourth-order valence-corrected chi connectivity index (χ4v) is 6.54. The van der Waals surface area contributed by atoms with Gasteiger partial charge in [0.05, 0.1) is 17.1 Å². The number of para-hydroxylation sites is 2. The molecule has 0 bridgehead atoms. The van der Waals surface area contributed by atoms with Crippen LogP contribution < -0.4 is 19.7 Å². The van der Waals surface area contributed by atoms with Gasteiger partial charge in [-0.3, -0.25) is 9.59 Å². The molecule has 0 spiro atoms. The Kier molecular flexibility index (Phi) is 8.81. The number of carbonyl (C=O) groups excluding carboxylic acids is 2. The number of sulfonamides is 1. The van der Waals surface area contributed by atoms with E-state index in [1.807, 2.05) is 48.5 Å². The molecule has 2 amide bonds. The summed E-state index contributed by atoms with van der Waals surface area (Å²) in [5.74, 6) is 0.0732. The largest absolute Gasteiger partial charge is 0.477 e. The molecule has 5 rings (SSSR count). The topological polar surface area (TPSA) is 105 Å². The quantitative estimate of drug-likeness (QED) is 0.405. The summed E-state index contributed by atoms with van der Waals surface area (Å²) in [6.45, 7) is 0.484. The molecule has 3 aromatic rings. The van der Waals surface area contributed by atoms with Crippen LogP contribution in [0.3, 0.4) is 0 Å². The number of benzene rings is 3. The third kappa shape index (κ3) is 6.89. The molecule has 2 N–H and O–H groups in total. The van der Waals surface area contributed by atoms with E-state index in [-0.39, 0.29) is 35.7 Å². The van der Waals surface area contributed by atoms with Gasteiger partial charge in [-0.2, -0.15) is 0 Å². The van der Waals surface area contributed by atoms with Crippen molar-refractivity contribution in [1.29, 1.82) is 0 Å². The van der Waals surface area contributed by atoms with Crippen molar-refractivity contribution in [2.24, 2.45) is 0 Å². The van der Waals surface area contributed by atoms with E-state index in [1.54, 1.807) is 35.2 Å². The molecular formula is C31H35N3O5S. The molecule has 1 atom stereocenters. The molecule has 3 aromatic carbocycles. The number of rotatable bonds is 9. The van der Waals surface area contributed by atoms with Gasteiger partial charge < -0.3 is 15.0 Å². The molecule has 8 nitrogen and oxygen atoms in total. The fraction of sp³-hybridized carbons (Fsp3) is 0.355. The van der Waals surface area contributed by atoms with Crippen LogP contribution in [-0.4, -0.2) is 38.9 Å². The highest BCUT2D eigenvalue weighted by atomic mass is 32.2. The van der Waals surface area contributed by atoms with Gasteiger partial charge in [-0.05, 0) is 54.7 Å². The van der Waals surface area contributed by atoms with E-state index in [1.165, 1.54) is 0 Å². The maximum Gasteiger partial charge on any atom is 0.263 e. The van der Waals surface area contributed by atoms with Crippen molar-refractivity contribution >= 4 is 27.5 Å². The van der Waals surface area contributed by atoms with Crippen LogP contribution in [0.1, 0.15) is 49.7 Å². The molecule has 1 aliphatic carbocycles. The Morgan fingerprint density at radius 3 is 2.30 bits per heavy atom. The van der Waals surface area contributed by atoms with Crippen molar-refractivity contribution in [3.8, 4) is 5.75 Å². The Bertz CT molecular complexity index is 1420. The fourth-order valence-electron chi connectivity index (χ4n) is 5.24. The molecule has 1 saturated carbocycles. The van der Waals surface area contributed by atoms with Gasteiger partial charge in [-0.25, -0.2) is 13.1 Å². The lowest BCUT2D eigenvalue weighted by Crippen LogP contribution is -2.50. The van der Waals surface area contributed by atoms with Gasteiger partial charge in [0.15, 0.2) is 6.10 Å². The van der Waals surface area contributed by atoms with Gasteiger partial charge in [-0.15, -0.1) is 0 Å². The standard InChI is InChI=1S/C31H35N3O5S/c35-30(20-17-23-15-18-26(19-16-23)40(37,38)33-25-11-5-2-6-12-25)34-22-29(39-28-14-8-7-13-27(28)34)31(36)32-21-24-9-3-1-4-10-24/h1,3-4,7-10,13-16,18-19,25,29,33H,2,5-6,11-12,17,20-22H2,(H,32,36)/t29-/m1/s1. The lowest BCUT2D eigenvalue weighted by molar-refractivity contribution is -0.128. The van der Waals surface area contributed by atoms with Gasteiger partial charge in [0.1, 0.15) is 5.75 Å². The Morgan fingerprint density at radius 1 is 0.850 bits per heavy atom. The Hall–Kier alpha value is -3.69. The molecule has 0 radical (unpaired) electrons. The zero-order valence-electron chi connectivity index (χ0n) is 22.4. The average molecular weight is 562 g/mol. The summed E-state index contributed by atoms with van der Waals surface area (Å²) in [4.78, 5) is 28.1. The molecule has 2 aliphatic rings. The summed E-state index contributed by atoms with van der Waals surface area (Å²) in [6, 6.07) is 23.5. The van der Waals surface area contributed by atoms with E-state index in [0.717, 1.165) is 43.2 Å². The number of aryl methyl sites for hydroxylation is 1. The first kappa shape index (κ1) is 27.9. The number of hydrogen-bond donors (Lipinski definition) is 2. The van der Waals surface area contributed by atoms with Crippen molar-refractivity contribution in [1.82, 2.24) is 10.0 Å². The van der Waals surface area contributed by atoms with Crippen molar-refractivity contribution < 1.29 is 22.7 Å². The summed E-state index contributed by atoms with van der Waals surface area (Å²) in [6.07, 6.45) is 4.82. The Morgan fingerprint density at radius 2 is 1.55 bits per heavy atom. The van der Waals surface area contributed by atoms with Crippen LogP contribution in [-0.2, 0) is 32.6 Å². The maximum absolute atomic E-state index is 13.4. The smallest absolute Gasteiger partial charge is 0.263 e. The van der Waals surface area contributed by atoms with Crippen molar-refractivity contribution in [2.45, 2.75) is 68.5 Å². The van der Waals surface area contributed by atoms with E-state index in [4.69, 9.17) is 4.74 Å². The van der Waals surface area contributed by atoms with Crippen LogP contribution in [0.15, 0.2) is 83.8 Å². The molecule has 210 valence electrons. The second kappa shape index (κ2) is 12.7. The van der Waals surface area contributed by atoms with Crippen LogP contribution >= 0.6 is 0 Å². The summed E-state index contributed by atoms with van der Waals surface area (Å²) in [5, 5.41) is 2.90. The van der Waals surface area contributed by atoms with Crippen LogP contribution in [0.4, 0.5) is 5.69 Å². The number of nitrogens with zero attached hydrogens (tertiary/aromatic N) is 1. The number of carbonyl (C=O) groups is 2. The first-order valence-electron chi connectivity index (χ1n) is 13.9. The zero-order valence-corrected chi connectivity index (χ0v) is 23.2. The molecule has 0 aromatic heterocycles.